The zero-order valence-corrected chi connectivity index (χ0v) is 14.4. The Morgan fingerprint density at radius 1 is 1.30 bits per heavy atom. The Bertz CT molecular complexity index is 548. The molecular formula is C18H28N4O. The Morgan fingerprint density at radius 2 is 2.04 bits per heavy atom. The third kappa shape index (κ3) is 4.98. The summed E-state index contributed by atoms with van der Waals surface area (Å²) in [5.74, 6) is 1.72. The van der Waals surface area contributed by atoms with Crippen LogP contribution in [-0.2, 0) is 6.54 Å². The van der Waals surface area contributed by atoms with Gasteiger partial charge in [0.05, 0.1) is 0 Å². The van der Waals surface area contributed by atoms with Gasteiger partial charge in [-0.25, -0.2) is 0 Å². The lowest BCUT2D eigenvalue weighted by atomic mass is 9.99. The molecule has 1 aliphatic rings. The molecular weight excluding hydrogens is 288 g/mol. The molecule has 126 valence electrons. The smallest absolute Gasteiger partial charge is 0.251 e. The number of carbonyl (C=O) groups is 1. The third-order valence-electron chi connectivity index (χ3n) is 4.27. The lowest BCUT2D eigenvalue weighted by Gasteiger charge is -2.32. The molecule has 2 rings (SSSR count). The van der Waals surface area contributed by atoms with E-state index in [9.17, 15) is 4.79 Å². The van der Waals surface area contributed by atoms with Gasteiger partial charge >= 0.3 is 0 Å². The number of benzene rings is 1. The Morgan fingerprint density at radius 3 is 2.70 bits per heavy atom. The highest BCUT2D eigenvalue weighted by molar-refractivity contribution is 5.94. The van der Waals surface area contributed by atoms with Crippen LogP contribution >= 0.6 is 0 Å². The van der Waals surface area contributed by atoms with Crippen LogP contribution in [0.2, 0.25) is 0 Å². The summed E-state index contributed by atoms with van der Waals surface area (Å²) in [5.41, 5.74) is 1.79. The van der Waals surface area contributed by atoms with Crippen LogP contribution in [0.3, 0.4) is 0 Å². The Hall–Kier alpha value is -2.04. The van der Waals surface area contributed by atoms with Crippen molar-refractivity contribution >= 4 is 11.9 Å². The lowest BCUT2D eigenvalue weighted by Crippen LogP contribution is -2.45. The van der Waals surface area contributed by atoms with E-state index in [-0.39, 0.29) is 5.91 Å². The maximum atomic E-state index is 11.9. The highest BCUT2D eigenvalue weighted by Crippen LogP contribution is 2.16. The van der Waals surface area contributed by atoms with Gasteiger partial charge in [0.2, 0.25) is 0 Å². The van der Waals surface area contributed by atoms with Crippen LogP contribution in [0.1, 0.15) is 42.6 Å². The number of piperidine rings is 1. The first-order valence-electron chi connectivity index (χ1n) is 8.46. The van der Waals surface area contributed by atoms with Gasteiger partial charge in [-0.3, -0.25) is 9.79 Å². The SMILES string of the molecule is CCNC(=O)c1cccc(CNC(=NC)N2CCC(C)CC2)c1. The van der Waals surface area contributed by atoms with Crippen molar-refractivity contribution in [1.82, 2.24) is 15.5 Å². The van der Waals surface area contributed by atoms with Crippen LogP contribution in [0.4, 0.5) is 0 Å². The molecule has 0 aliphatic carbocycles. The molecule has 23 heavy (non-hydrogen) atoms. The normalized spacial score (nSPS) is 16.3. The summed E-state index contributed by atoms with van der Waals surface area (Å²) in [5, 5.41) is 6.24. The summed E-state index contributed by atoms with van der Waals surface area (Å²) in [6, 6.07) is 7.73. The van der Waals surface area contributed by atoms with E-state index in [0.717, 1.165) is 30.5 Å². The van der Waals surface area contributed by atoms with E-state index in [1.807, 2.05) is 38.2 Å². The highest BCUT2D eigenvalue weighted by atomic mass is 16.1. The van der Waals surface area contributed by atoms with Crippen molar-refractivity contribution < 1.29 is 4.79 Å². The zero-order valence-electron chi connectivity index (χ0n) is 14.4. The molecule has 1 amide bonds. The number of carbonyl (C=O) groups excluding carboxylic acids is 1. The first-order valence-corrected chi connectivity index (χ1v) is 8.46. The molecule has 1 aromatic carbocycles. The maximum absolute atomic E-state index is 11.9. The molecule has 1 fully saturated rings. The number of aliphatic imine (C=N–C) groups is 1. The van der Waals surface area contributed by atoms with E-state index in [0.29, 0.717) is 18.7 Å². The Labute approximate surface area is 139 Å². The summed E-state index contributed by atoms with van der Waals surface area (Å²) in [6.45, 7) is 7.65. The summed E-state index contributed by atoms with van der Waals surface area (Å²) in [4.78, 5) is 18.6. The monoisotopic (exact) mass is 316 g/mol. The van der Waals surface area contributed by atoms with Crippen molar-refractivity contribution in [2.24, 2.45) is 10.9 Å². The second-order valence-corrected chi connectivity index (χ2v) is 6.13. The molecule has 0 unspecified atom stereocenters. The van der Waals surface area contributed by atoms with Gasteiger partial charge in [0.15, 0.2) is 5.96 Å². The summed E-state index contributed by atoms with van der Waals surface area (Å²) in [6.07, 6.45) is 2.43. The number of likely N-dealkylation sites (tertiary alicyclic amines) is 1. The topological polar surface area (TPSA) is 56.7 Å². The molecule has 0 atom stereocenters. The van der Waals surface area contributed by atoms with E-state index in [4.69, 9.17) is 0 Å². The van der Waals surface area contributed by atoms with Crippen molar-refractivity contribution in [3.63, 3.8) is 0 Å². The van der Waals surface area contributed by atoms with E-state index < -0.39 is 0 Å². The molecule has 0 bridgehead atoms. The van der Waals surface area contributed by atoms with E-state index in [1.54, 1.807) is 0 Å². The number of nitrogens with one attached hydrogen (secondary N) is 2. The Balaban J connectivity index is 1.94. The van der Waals surface area contributed by atoms with Crippen LogP contribution in [0.15, 0.2) is 29.3 Å². The van der Waals surface area contributed by atoms with Crippen LogP contribution in [0.25, 0.3) is 0 Å². The van der Waals surface area contributed by atoms with Crippen LogP contribution in [-0.4, -0.2) is 43.4 Å². The second-order valence-electron chi connectivity index (χ2n) is 6.13. The van der Waals surface area contributed by atoms with Crippen LogP contribution < -0.4 is 10.6 Å². The number of rotatable bonds is 4. The van der Waals surface area contributed by atoms with E-state index in [1.165, 1.54) is 12.8 Å². The van der Waals surface area contributed by atoms with Gasteiger partial charge in [-0.2, -0.15) is 0 Å². The molecule has 1 saturated heterocycles. The molecule has 5 nitrogen and oxygen atoms in total. The number of guanidine groups is 1. The van der Waals surface area contributed by atoms with Crippen molar-refractivity contribution in [3.05, 3.63) is 35.4 Å². The largest absolute Gasteiger partial charge is 0.352 e. The molecule has 1 aliphatic heterocycles. The molecule has 0 radical (unpaired) electrons. The lowest BCUT2D eigenvalue weighted by molar-refractivity contribution is 0.0955. The zero-order chi connectivity index (χ0) is 16.7. The van der Waals surface area contributed by atoms with Crippen molar-refractivity contribution in [2.75, 3.05) is 26.7 Å². The number of nitrogens with zero attached hydrogens (tertiary/aromatic N) is 2. The average Bonchev–Trinajstić information content (AvgIpc) is 2.57. The van der Waals surface area contributed by atoms with Gasteiger partial charge in [-0.1, -0.05) is 19.1 Å². The van der Waals surface area contributed by atoms with Crippen LogP contribution in [0, 0.1) is 5.92 Å². The minimum absolute atomic E-state index is 0.0243. The summed E-state index contributed by atoms with van der Waals surface area (Å²) in [7, 11) is 1.82. The quantitative estimate of drug-likeness (QED) is 0.662. The minimum Gasteiger partial charge on any atom is -0.352 e. The summed E-state index contributed by atoms with van der Waals surface area (Å²) < 4.78 is 0. The number of hydrogen-bond donors (Lipinski definition) is 2. The van der Waals surface area contributed by atoms with Gasteiger partial charge in [-0.15, -0.1) is 0 Å². The summed E-state index contributed by atoms with van der Waals surface area (Å²) >= 11 is 0. The molecule has 1 aromatic rings. The third-order valence-corrected chi connectivity index (χ3v) is 4.27. The van der Waals surface area contributed by atoms with Gasteiger partial charge in [0.25, 0.3) is 5.91 Å². The highest BCUT2D eigenvalue weighted by Gasteiger charge is 2.18. The number of amides is 1. The number of hydrogen-bond acceptors (Lipinski definition) is 2. The molecule has 0 spiro atoms. The van der Waals surface area contributed by atoms with Gasteiger partial charge in [-0.05, 0) is 43.4 Å². The molecule has 2 N–H and O–H groups in total. The second kappa shape index (κ2) is 8.56. The predicted molar refractivity (Wildman–Crippen MR) is 94.6 cm³/mol. The standard InChI is InChI=1S/C18H28N4O/c1-4-20-17(23)16-7-5-6-15(12-16)13-21-18(19-3)22-10-8-14(2)9-11-22/h5-7,12,14H,4,8-11,13H2,1-3H3,(H,19,21)(H,20,23). The fourth-order valence-corrected chi connectivity index (χ4v) is 2.82. The molecule has 0 saturated carbocycles. The minimum atomic E-state index is -0.0243. The first kappa shape index (κ1) is 17.3. The fraction of sp³-hybridized carbons (Fsp3) is 0.556. The van der Waals surface area contributed by atoms with Gasteiger partial charge in [0, 0.05) is 38.8 Å². The van der Waals surface area contributed by atoms with Gasteiger partial charge in [0.1, 0.15) is 0 Å². The van der Waals surface area contributed by atoms with Gasteiger partial charge < -0.3 is 15.5 Å². The van der Waals surface area contributed by atoms with Crippen molar-refractivity contribution in [2.45, 2.75) is 33.2 Å². The van der Waals surface area contributed by atoms with E-state index >= 15 is 0 Å². The van der Waals surface area contributed by atoms with E-state index in [2.05, 4.69) is 27.4 Å². The Kier molecular flexibility index (Phi) is 6.44. The predicted octanol–water partition coefficient (Wildman–Crippen LogP) is 2.24. The van der Waals surface area contributed by atoms with Crippen LogP contribution in [0.5, 0.6) is 0 Å². The van der Waals surface area contributed by atoms with Crippen molar-refractivity contribution in [3.8, 4) is 0 Å². The molecule has 1 heterocycles. The first-order chi connectivity index (χ1) is 11.1. The average molecular weight is 316 g/mol. The maximum Gasteiger partial charge on any atom is 0.251 e. The molecule has 0 aromatic heterocycles. The van der Waals surface area contributed by atoms with Crippen molar-refractivity contribution in [1.29, 1.82) is 0 Å². The molecule has 5 heteroatoms. The fourth-order valence-electron chi connectivity index (χ4n) is 2.82.